The molecule has 1 saturated heterocycles. The number of carboxylic acids is 1. The van der Waals surface area contributed by atoms with Crippen molar-refractivity contribution in [1.29, 1.82) is 0 Å². The second-order valence-corrected chi connectivity index (χ2v) is 14.3. The van der Waals surface area contributed by atoms with Crippen molar-refractivity contribution in [3.8, 4) is 16.9 Å². The van der Waals surface area contributed by atoms with E-state index in [0.717, 1.165) is 49.2 Å². The van der Waals surface area contributed by atoms with Gasteiger partial charge in [-0.1, -0.05) is 11.6 Å². The second-order valence-electron chi connectivity index (χ2n) is 13.0. The number of aromatic nitrogens is 5. The summed E-state index contributed by atoms with van der Waals surface area (Å²) in [6, 6.07) is 7.32. The third-order valence-electron chi connectivity index (χ3n) is 9.82. The van der Waals surface area contributed by atoms with E-state index in [-0.39, 0.29) is 36.2 Å². The van der Waals surface area contributed by atoms with E-state index in [1.807, 2.05) is 13.0 Å². The molecule has 2 aliphatic rings. The number of hydrogen-bond donors (Lipinski definition) is 1. The maximum absolute atomic E-state index is 13.9. The Morgan fingerprint density at radius 1 is 1.08 bits per heavy atom. The fourth-order valence-corrected chi connectivity index (χ4v) is 8.43. The zero-order valence-corrected chi connectivity index (χ0v) is 29.4. The Morgan fingerprint density at radius 3 is 2.53 bits per heavy atom. The van der Waals surface area contributed by atoms with E-state index < -0.39 is 18.0 Å². The molecular formula is C36H34ClF3N6O4S. The van der Waals surface area contributed by atoms with E-state index in [2.05, 4.69) is 19.9 Å². The van der Waals surface area contributed by atoms with Crippen LogP contribution in [0.25, 0.3) is 21.3 Å². The average Bonchev–Trinajstić information content (AvgIpc) is 3.54. The van der Waals surface area contributed by atoms with Gasteiger partial charge in [0.15, 0.2) is 0 Å². The van der Waals surface area contributed by atoms with Crippen LogP contribution in [0.3, 0.4) is 0 Å². The molecule has 1 atom stereocenters. The zero-order valence-electron chi connectivity index (χ0n) is 27.8. The molecule has 5 heterocycles. The van der Waals surface area contributed by atoms with E-state index in [9.17, 15) is 27.9 Å². The minimum atomic E-state index is -4.56. The molecule has 7 rings (SSSR count). The summed E-state index contributed by atoms with van der Waals surface area (Å²) < 4.78 is 47.4. The highest BCUT2D eigenvalue weighted by atomic mass is 35.5. The molecule has 51 heavy (non-hydrogen) atoms. The highest BCUT2D eigenvalue weighted by Crippen LogP contribution is 2.40. The SMILES string of the molecule is Cc1cc(-c2cc(Cl)ccc2OCCn2c(C)nc3c(c2=O)C[C@@H](N2CCC(c4cnc(C(F)(F)F)nc4)CC2)CC3)c2scc(C(=O)O)c2n1. The minimum Gasteiger partial charge on any atom is -0.491 e. The summed E-state index contributed by atoms with van der Waals surface area (Å²) in [7, 11) is 0. The number of ether oxygens (including phenoxy) is 1. The van der Waals surface area contributed by atoms with Crippen LogP contribution in [-0.4, -0.2) is 66.2 Å². The Morgan fingerprint density at radius 2 is 1.82 bits per heavy atom. The minimum absolute atomic E-state index is 0.0785. The number of carboxylic acid groups (broad SMARTS) is 1. The quantitative estimate of drug-likeness (QED) is 0.177. The van der Waals surface area contributed by atoms with Crippen LogP contribution in [0.4, 0.5) is 13.2 Å². The van der Waals surface area contributed by atoms with Crippen LogP contribution in [0.1, 0.15) is 69.7 Å². The molecule has 0 saturated carbocycles. The number of hydrogen-bond acceptors (Lipinski definition) is 9. The number of benzene rings is 1. The summed E-state index contributed by atoms with van der Waals surface area (Å²) in [5.41, 5.74) is 4.84. The number of likely N-dealkylation sites (tertiary alicyclic amines) is 1. The monoisotopic (exact) mass is 738 g/mol. The van der Waals surface area contributed by atoms with Gasteiger partial charge in [-0.2, -0.15) is 13.2 Å². The highest BCUT2D eigenvalue weighted by Gasteiger charge is 2.35. The Bertz CT molecular complexity index is 2180. The average molecular weight is 739 g/mol. The van der Waals surface area contributed by atoms with Crippen LogP contribution in [0.15, 0.2) is 46.8 Å². The largest absolute Gasteiger partial charge is 0.491 e. The molecule has 10 nitrogen and oxygen atoms in total. The molecule has 0 unspecified atom stereocenters. The molecule has 15 heteroatoms. The summed E-state index contributed by atoms with van der Waals surface area (Å²) in [5.74, 6) is -0.931. The number of fused-ring (bicyclic) bond motifs is 2. The molecule has 5 aromatic rings. The number of carbonyl (C=O) groups is 1. The summed E-state index contributed by atoms with van der Waals surface area (Å²) in [6.07, 6.45) is 1.72. The molecule has 1 aliphatic heterocycles. The van der Waals surface area contributed by atoms with Gasteiger partial charge < -0.3 is 9.84 Å². The molecule has 0 spiro atoms. The number of piperidine rings is 1. The molecule has 0 bridgehead atoms. The van der Waals surface area contributed by atoms with Gasteiger partial charge >= 0.3 is 12.1 Å². The van der Waals surface area contributed by atoms with Gasteiger partial charge in [-0.15, -0.1) is 11.3 Å². The Balaban J connectivity index is 1.04. The first-order chi connectivity index (χ1) is 24.4. The third-order valence-corrected chi connectivity index (χ3v) is 11.1. The van der Waals surface area contributed by atoms with Gasteiger partial charge in [-0.3, -0.25) is 19.2 Å². The number of rotatable bonds is 8. The van der Waals surface area contributed by atoms with Crippen LogP contribution >= 0.6 is 22.9 Å². The molecule has 1 N–H and O–H groups in total. The zero-order chi connectivity index (χ0) is 36.0. The molecule has 1 aromatic carbocycles. The molecular weight excluding hydrogens is 705 g/mol. The molecule has 1 fully saturated rings. The van der Waals surface area contributed by atoms with Gasteiger partial charge in [-0.05, 0) is 94.8 Å². The number of aryl methyl sites for hydroxylation is 3. The Kier molecular flexibility index (Phi) is 9.59. The van der Waals surface area contributed by atoms with Crippen molar-refractivity contribution in [3.05, 3.63) is 97.1 Å². The van der Waals surface area contributed by atoms with Crippen LogP contribution in [0.2, 0.25) is 5.02 Å². The Hall–Kier alpha value is -4.40. The lowest BCUT2D eigenvalue weighted by molar-refractivity contribution is -0.145. The van der Waals surface area contributed by atoms with Gasteiger partial charge in [0.2, 0.25) is 5.82 Å². The number of thiophene rings is 1. The van der Waals surface area contributed by atoms with Crippen LogP contribution < -0.4 is 10.3 Å². The summed E-state index contributed by atoms with van der Waals surface area (Å²) in [6.45, 7) is 5.61. The lowest BCUT2D eigenvalue weighted by atomic mass is 9.86. The standard InChI is InChI=1S/C36H34ClF3N6O4S/c1-19-13-26(32-31(43-19)28(18-51-32)34(48)49)25-14-23(37)3-6-30(25)50-12-11-46-20(2)44-29-5-4-24(15-27(29)33(46)47)45-9-7-21(8-10-45)22-16-41-35(42-17-22)36(38,39)40/h3,6,13-14,16-18,21,24H,4-5,7-12,15H2,1-2H3,(H,48,49)/t24-/m0/s1. The fourth-order valence-electron chi connectivity index (χ4n) is 7.25. The fraction of sp³-hybridized carbons (Fsp3) is 0.389. The number of pyridine rings is 1. The lowest BCUT2D eigenvalue weighted by Crippen LogP contribution is -2.46. The van der Waals surface area contributed by atoms with E-state index in [1.165, 1.54) is 23.7 Å². The summed E-state index contributed by atoms with van der Waals surface area (Å²) in [5, 5.41) is 11.8. The topological polar surface area (TPSA) is 123 Å². The predicted octanol–water partition coefficient (Wildman–Crippen LogP) is 7.11. The lowest BCUT2D eigenvalue weighted by Gasteiger charge is -2.39. The van der Waals surface area contributed by atoms with Crippen molar-refractivity contribution < 1.29 is 27.8 Å². The van der Waals surface area contributed by atoms with Crippen LogP contribution in [0, 0.1) is 13.8 Å². The maximum Gasteiger partial charge on any atom is 0.451 e. The molecule has 0 amide bonds. The second kappa shape index (κ2) is 14.0. The van der Waals surface area contributed by atoms with Gasteiger partial charge in [-0.25, -0.2) is 19.7 Å². The van der Waals surface area contributed by atoms with Crippen molar-refractivity contribution in [2.75, 3.05) is 19.7 Å². The van der Waals surface area contributed by atoms with Crippen LogP contribution in [0.5, 0.6) is 5.75 Å². The van der Waals surface area contributed by atoms with Gasteiger partial charge in [0.1, 0.15) is 18.2 Å². The van der Waals surface area contributed by atoms with E-state index in [0.29, 0.717) is 56.5 Å². The first kappa shape index (κ1) is 35.0. The first-order valence-electron chi connectivity index (χ1n) is 16.6. The molecule has 4 aromatic heterocycles. The van der Waals surface area contributed by atoms with E-state index in [4.69, 9.17) is 21.3 Å². The van der Waals surface area contributed by atoms with Gasteiger partial charge in [0, 0.05) is 51.2 Å². The smallest absolute Gasteiger partial charge is 0.451 e. The first-order valence-corrected chi connectivity index (χ1v) is 17.9. The van der Waals surface area contributed by atoms with Crippen molar-refractivity contribution in [3.63, 3.8) is 0 Å². The summed E-state index contributed by atoms with van der Waals surface area (Å²) >= 11 is 7.71. The van der Waals surface area contributed by atoms with E-state index >= 15 is 0 Å². The number of nitrogens with zero attached hydrogens (tertiary/aromatic N) is 6. The third kappa shape index (κ3) is 7.09. The normalized spacial score (nSPS) is 17.1. The van der Waals surface area contributed by atoms with Crippen LogP contribution in [-0.2, 0) is 25.6 Å². The van der Waals surface area contributed by atoms with Gasteiger partial charge in [0.05, 0.1) is 28.0 Å². The highest BCUT2D eigenvalue weighted by molar-refractivity contribution is 7.18. The number of halogens is 4. The molecule has 1 aliphatic carbocycles. The predicted molar refractivity (Wildman–Crippen MR) is 187 cm³/mol. The molecule has 0 radical (unpaired) electrons. The number of aromatic carboxylic acids is 1. The van der Waals surface area contributed by atoms with Crippen molar-refractivity contribution >= 4 is 39.1 Å². The van der Waals surface area contributed by atoms with Crippen molar-refractivity contribution in [1.82, 2.24) is 29.4 Å². The summed E-state index contributed by atoms with van der Waals surface area (Å²) in [4.78, 5) is 44.5. The maximum atomic E-state index is 13.9. The molecule has 266 valence electrons. The number of alkyl halides is 3. The Labute approximate surface area is 299 Å². The van der Waals surface area contributed by atoms with Crippen molar-refractivity contribution in [2.24, 2.45) is 0 Å². The van der Waals surface area contributed by atoms with Gasteiger partial charge in [0.25, 0.3) is 5.56 Å². The van der Waals surface area contributed by atoms with E-state index in [1.54, 1.807) is 35.1 Å². The van der Waals surface area contributed by atoms with Crippen molar-refractivity contribution in [2.45, 2.75) is 70.6 Å².